The largest absolute Gasteiger partial charge is 0.497 e. The van der Waals surface area contributed by atoms with Crippen LogP contribution in [-0.2, 0) is 15.1 Å². The minimum atomic E-state index is -0.938. The van der Waals surface area contributed by atoms with Gasteiger partial charge >= 0.3 is 5.97 Å². The zero-order valence-corrected chi connectivity index (χ0v) is 15.8. The summed E-state index contributed by atoms with van der Waals surface area (Å²) in [5.41, 5.74) is -0.0658. The first-order chi connectivity index (χ1) is 11.9. The fourth-order valence-electron chi connectivity index (χ4n) is 3.71. The molecular formula is C20H31NO4. The molecule has 0 spiro atoms. The molecule has 1 N–H and O–H groups in total. The minimum Gasteiger partial charge on any atom is -0.497 e. The first-order valence-electron chi connectivity index (χ1n) is 9.10. The van der Waals surface area contributed by atoms with Crippen molar-refractivity contribution < 1.29 is 19.4 Å². The predicted molar refractivity (Wildman–Crippen MR) is 97.6 cm³/mol. The quantitative estimate of drug-likeness (QED) is 0.767. The summed E-state index contributed by atoms with van der Waals surface area (Å²) in [6.45, 7) is 2.70. The van der Waals surface area contributed by atoms with E-state index in [0.29, 0.717) is 25.7 Å². The van der Waals surface area contributed by atoms with E-state index in [1.807, 2.05) is 45.3 Å². The fraction of sp³-hybridized carbons (Fsp3) is 0.650. The SMILES string of the molecule is CCCC(=O)OC1CCC(O)(c2cccc(OC)c2)C(CN(C)C)C1. The van der Waals surface area contributed by atoms with Crippen molar-refractivity contribution in [1.29, 1.82) is 0 Å². The summed E-state index contributed by atoms with van der Waals surface area (Å²) < 4.78 is 10.9. The molecule has 140 valence electrons. The van der Waals surface area contributed by atoms with Gasteiger partial charge in [-0.25, -0.2) is 0 Å². The average Bonchev–Trinajstić information content (AvgIpc) is 2.58. The first-order valence-corrected chi connectivity index (χ1v) is 9.10. The van der Waals surface area contributed by atoms with E-state index in [2.05, 4.69) is 4.90 Å². The molecule has 25 heavy (non-hydrogen) atoms. The number of carbonyl (C=O) groups excluding carboxylic acids is 1. The molecule has 0 aliphatic heterocycles. The van der Waals surface area contributed by atoms with Crippen molar-refractivity contribution in [2.75, 3.05) is 27.7 Å². The molecule has 0 saturated heterocycles. The van der Waals surface area contributed by atoms with Gasteiger partial charge in [-0.15, -0.1) is 0 Å². The third-order valence-corrected chi connectivity index (χ3v) is 4.98. The summed E-state index contributed by atoms with van der Waals surface area (Å²) in [5, 5.41) is 11.5. The Hall–Kier alpha value is -1.59. The second-order valence-electron chi connectivity index (χ2n) is 7.25. The zero-order chi connectivity index (χ0) is 18.4. The Balaban J connectivity index is 2.20. The maximum Gasteiger partial charge on any atom is 0.306 e. The molecular weight excluding hydrogens is 318 g/mol. The van der Waals surface area contributed by atoms with Gasteiger partial charge in [-0.1, -0.05) is 19.1 Å². The number of benzene rings is 1. The van der Waals surface area contributed by atoms with Gasteiger partial charge in [0.2, 0.25) is 0 Å². The van der Waals surface area contributed by atoms with Gasteiger partial charge in [0.05, 0.1) is 12.7 Å². The van der Waals surface area contributed by atoms with Crippen LogP contribution in [0.1, 0.15) is 44.6 Å². The van der Waals surface area contributed by atoms with E-state index in [-0.39, 0.29) is 18.0 Å². The lowest BCUT2D eigenvalue weighted by Gasteiger charge is -2.44. The van der Waals surface area contributed by atoms with E-state index in [1.165, 1.54) is 0 Å². The third kappa shape index (κ3) is 4.95. The average molecular weight is 349 g/mol. The molecule has 5 heteroatoms. The maximum absolute atomic E-state index is 11.8. The third-order valence-electron chi connectivity index (χ3n) is 4.98. The number of hydrogen-bond donors (Lipinski definition) is 1. The standard InChI is InChI=1S/C20H31NO4/c1-5-7-19(22)25-18-10-11-20(23,16(13-18)14-21(2)3)15-8-6-9-17(12-15)24-4/h6,8-9,12,16,18,23H,5,7,10-11,13-14H2,1-4H3. The van der Waals surface area contributed by atoms with E-state index in [4.69, 9.17) is 9.47 Å². The van der Waals surface area contributed by atoms with Gasteiger partial charge in [0, 0.05) is 18.9 Å². The molecule has 1 aromatic rings. The van der Waals surface area contributed by atoms with Crippen LogP contribution in [0.2, 0.25) is 0 Å². The van der Waals surface area contributed by atoms with Crippen molar-refractivity contribution in [1.82, 2.24) is 4.90 Å². The van der Waals surface area contributed by atoms with Crippen molar-refractivity contribution in [2.45, 2.75) is 50.7 Å². The van der Waals surface area contributed by atoms with Gasteiger partial charge in [-0.3, -0.25) is 4.79 Å². The number of ether oxygens (including phenoxy) is 2. The summed E-state index contributed by atoms with van der Waals surface area (Å²) in [6.07, 6.45) is 3.04. The number of nitrogens with zero attached hydrogens (tertiary/aromatic N) is 1. The van der Waals surface area contributed by atoms with Crippen LogP contribution in [-0.4, -0.2) is 49.8 Å². The summed E-state index contributed by atoms with van der Waals surface area (Å²) in [6, 6.07) is 7.65. The fourth-order valence-corrected chi connectivity index (χ4v) is 3.71. The zero-order valence-electron chi connectivity index (χ0n) is 15.8. The van der Waals surface area contributed by atoms with Gasteiger partial charge in [-0.2, -0.15) is 0 Å². The maximum atomic E-state index is 11.8. The lowest BCUT2D eigenvalue weighted by Crippen LogP contribution is -2.47. The molecule has 1 aliphatic carbocycles. The van der Waals surface area contributed by atoms with Gasteiger partial charge < -0.3 is 19.5 Å². The number of hydrogen-bond acceptors (Lipinski definition) is 5. The second-order valence-corrected chi connectivity index (χ2v) is 7.25. The van der Waals surface area contributed by atoms with Crippen LogP contribution in [0.15, 0.2) is 24.3 Å². The van der Waals surface area contributed by atoms with Crippen LogP contribution in [0.25, 0.3) is 0 Å². The number of aliphatic hydroxyl groups is 1. The molecule has 5 nitrogen and oxygen atoms in total. The molecule has 0 bridgehead atoms. The molecule has 1 aliphatic rings. The van der Waals surface area contributed by atoms with Crippen molar-refractivity contribution in [3.05, 3.63) is 29.8 Å². The highest BCUT2D eigenvalue weighted by molar-refractivity contribution is 5.69. The monoisotopic (exact) mass is 349 g/mol. The molecule has 2 rings (SSSR count). The molecule has 0 aromatic heterocycles. The van der Waals surface area contributed by atoms with Gasteiger partial charge in [-0.05, 0) is 57.5 Å². The Labute approximate surface area is 150 Å². The van der Waals surface area contributed by atoms with Crippen LogP contribution in [0, 0.1) is 5.92 Å². The van der Waals surface area contributed by atoms with Crippen molar-refractivity contribution >= 4 is 5.97 Å². The van der Waals surface area contributed by atoms with Crippen molar-refractivity contribution in [3.63, 3.8) is 0 Å². The van der Waals surface area contributed by atoms with E-state index in [0.717, 1.165) is 24.3 Å². The van der Waals surface area contributed by atoms with Crippen LogP contribution in [0.5, 0.6) is 5.75 Å². The summed E-state index contributed by atoms with van der Waals surface area (Å²) in [7, 11) is 5.63. The van der Waals surface area contributed by atoms with Crippen molar-refractivity contribution in [3.8, 4) is 5.75 Å². The number of rotatable bonds is 7. The predicted octanol–water partition coefficient (Wildman–Crippen LogP) is 2.96. The van der Waals surface area contributed by atoms with Gasteiger partial charge in [0.15, 0.2) is 0 Å². The van der Waals surface area contributed by atoms with Gasteiger partial charge in [0.25, 0.3) is 0 Å². The van der Waals surface area contributed by atoms with Crippen LogP contribution < -0.4 is 4.74 Å². The minimum absolute atomic E-state index is 0.0113. The lowest BCUT2D eigenvalue weighted by molar-refractivity contribution is -0.159. The van der Waals surface area contributed by atoms with Crippen LogP contribution in [0.3, 0.4) is 0 Å². The first kappa shape index (κ1) is 19.7. The molecule has 0 amide bonds. The highest BCUT2D eigenvalue weighted by atomic mass is 16.5. The Kier molecular flexibility index (Phi) is 6.85. The molecule has 3 atom stereocenters. The Bertz CT molecular complexity index is 575. The lowest BCUT2D eigenvalue weighted by atomic mass is 9.70. The highest BCUT2D eigenvalue weighted by Crippen LogP contribution is 2.43. The number of methoxy groups -OCH3 is 1. The number of carbonyl (C=O) groups is 1. The highest BCUT2D eigenvalue weighted by Gasteiger charge is 2.44. The smallest absolute Gasteiger partial charge is 0.306 e. The Morgan fingerprint density at radius 3 is 2.80 bits per heavy atom. The van der Waals surface area contributed by atoms with E-state index in [1.54, 1.807) is 7.11 Å². The van der Waals surface area contributed by atoms with E-state index < -0.39 is 5.60 Å². The molecule has 1 saturated carbocycles. The molecule has 0 heterocycles. The van der Waals surface area contributed by atoms with Crippen LogP contribution in [0.4, 0.5) is 0 Å². The summed E-state index contributed by atoms with van der Waals surface area (Å²) in [4.78, 5) is 13.9. The topological polar surface area (TPSA) is 59.0 Å². The van der Waals surface area contributed by atoms with Gasteiger partial charge in [0.1, 0.15) is 11.9 Å². The molecule has 1 aromatic carbocycles. The summed E-state index contributed by atoms with van der Waals surface area (Å²) >= 11 is 0. The number of esters is 1. The molecule has 1 fully saturated rings. The Morgan fingerprint density at radius 1 is 1.40 bits per heavy atom. The Morgan fingerprint density at radius 2 is 2.16 bits per heavy atom. The molecule has 0 radical (unpaired) electrons. The van der Waals surface area contributed by atoms with Crippen molar-refractivity contribution in [2.24, 2.45) is 5.92 Å². The van der Waals surface area contributed by atoms with E-state index in [9.17, 15) is 9.90 Å². The second kappa shape index (κ2) is 8.68. The summed E-state index contributed by atoms with van der Waals surface area (Å²) in [5.74, 6) is 0.594. The molecule has 3 unspecified atom stereocenters. The van der Waals surface area contributed by atoms with E-state index >= 15 is 0 Å². The normalized spacial score (nSPS) is 26.5. The van der Waals surface area contributed by atoms with Crippen LogP contribution >= 0.6 is 0 Å².